The molecule has 4 heteroatoms. The number of hydrogen-bond donors (Lipinski definition) is 1. The van der Waals surface area contributed by atoms with Crippen LogP contribution >= 0.6 is 6.42 Å². The predicted octanol–water partition coefficient (Wildman–Crippen LogP) is 2.02. The molecule has 1 N–H and O–H groups in total. The van der Waals surface area contributed by atoms with E-state index in [2.05, 4.69) is 17.2 Å². The summed E-state index contributed by atoms with van der Waals surface area (Å²) in [5.41, 5.74) is 0. The van der Waals surface area contributed by atoms with Crippen LogP contribution in [0.5, 0.6) is 0 Å². The highest BCUT2D eigenvalue weighted by Gasteiger charge is 2.21. The summed E-state index contributed by atoms with van der Waals surface area (Å²) in [4.78, 5) is 0. The maximum atomic E-state index is 5.79. The van der Waals surface area contributed by atoms with Crippen LogP contribution in [0.1, 0.15) is 12.8 Å². The Kier molecular flexibility index (Phi) is 3.34. The smallest absolute Gasteiger partial charge is 0.159 e. The van der Waals surface area contributed by atoms with E-state index in [4.69, 9.17) is 16.3 Å². The van der Waals surface area contributed by atoms with Gasteiger partial charge in [-0.3, -0.25) is 5.09 Å². The van der Waals surface area contributed by atoms with Gasteiger partial charge >= 0.3 is 0 Å². The van der Waals surface area contributed by atoms with Crippen molar-refractivity contribution in [1.29, 1.82) is 0 Å². The normalized spacial score (nSPS) is 28.3. The fourth-order valence-corrected chi connectivity index (χ4v) is 4.17. The number of hydrogen-bond acceptors (Lipinski definition) is 2. The molecule has 0 bridgehead atoms. The first kappa shape index (κ1) is 10.3. The van der Waals surface area contributed by atoms with Crippen molar-refractivity contribution in [3.8, 4) is 0 Å². The van der Waals surface area contributed by atoms with Gasteiger partial charge < -0.3 is 4.52 Å². The second kappa shape index (κ2) is 4.54. The molecule has 76 valence electrons. The molecule has 0 radical (unpaired) electrons. The third kappa shape index (κ3) is 2.23. The summed E-state index contributed by atoms with van der Waals surface area (Å²) < 4.78 is 5.79. The molecule has 2 rings (SSSR count). The van der Waals surface area contributed by atoms with Crippen LogP contribution in [-0.2, 0) is 16.3 Å². The molecule has 1 saturated heterocycles. The van der Waals surface area contributed by atoms with Crippen molar-refractivity contribution in [2.24, 2.45) is 0 Å². The lowest BCUT2D eigenvalue weighted by Crippen LogP contribution is -2.19. The SMILES string of the molecule is S=P1(c2ccccc2)NCCCCO1. The Morgan fingerprint density at radius 1 is 1.21 bits per heavy atom. The highest BCUT2D eigenvalue weighted by molar-refractivity contribution is 8.14. The largest absolute Gasteiger partial charge is 0.335 e. The molecule has 1 fully saturated rings. The van der Waals surface area contributed by atoms with Gasteiger partial charge in [-0.2, -0.15) is 0 Å². The lowest BCUT2D eigenvalue weighted by Gasteiger charge is -2.20. The standard InChI is InChI=1S/C10H14NOPS/c14-13(10-6-2-1-3-7-10)11-8-4-5-9-12-13/h1-3,6-7H,4-5,8-9H2,(H,11,14). The predicted molar refractivity (Wildman–Crippen MR) is 63.5 cm³/mol. The van der Waals surface area contributed by atoms with E-state index in [1.807, 2.05) is 18.2 Å². The summed E-state index contributed by atoms with van der Waals surface area (Å²) in [6, 6.07) is 10.1. The second-order valence-electron chi connectivity index (χ2n) is 3.34. The lowest BCUT2D eigenvalue weighted by molar-refractivity contribution is 0.352. The molecule has 1 aliphatic heterocycles. The van der Waals surface area contributed by atoms with Crippen molar-refractivity contribution >= 4 is 23.5 Å². The van der Waals surface area contributed by atoms with Crippen molar-refractivity contribution in [3.05, 3.63) is 30.3 Å². The molecule has 1 unspecified atom stereocenters. The van der Waals surface area contributed by atoms with E-state index < -0.39 is 6.42 Å². The number of nitrogens with one attached hydrogen (secondary N) is 1. The molecule has 0 aliphatic carbocycles. The van der Waals surface area contributed by atoms with Crippen molar-refractivity contribution in [2.45, 2.75) is 12.8 Å². The number of benzene rings is 1. The van der Waals surface area contributed by atoms with E-state index in [0.29, 0.717) is 0 Å². The fraction of sp³-hybridized carbons (Fsp3) is 0.400. The zero-order valence-corrected chi connectivity index (χ0v) is 9.69. The van der Waals surface area contributed by atoms with Crippen LogP contribution in [0.25, 0.3) is 0 Å². The molecule has 1 aliphatic rings. The van der Waals surface area contributed by atoms with Crippen LogP contribution in [0.15, 0.2) is 30.3 Å². The van der Waals surface area contributed by atoms with Gasteiger partial charge in [-0.25, -0.2) is 0 Å². The molecular formula is C10H14NOPS. The first-order valence-electron chi connectivity index (χ1n) is 4.87. The van der Waals surface area contributed by atoms with E-state index in [0.717, 1.165) is 31.3 Å². The molecule has 1 atom stereocenters. The van der Waals surface area contributed by atoms with Crippen molar-refractivity contribution in [1.82, 2.24) is 5.09 Å². The maximum Gasteiger partial charge on any atom is 0.159 e. The van der Waals surface area contributed by atoms with Crippen LogP contribution in [-0.4, -0.2) is 13.2 Å². The molecular weight excluding hydrogens is 213 g/mol. The van der Waals surface area contributed by atoms with E-state index >= 15 is 0 Å². The van der Waals surface area contributed by atoms with E-state index in [1.165, 1.54) is 0 Å². The van der Waals surface area contributed by atoms with Gasteiger partial charge in [0.15, 0.2) is 6.42 Å². The summed E-state index contributed by atoms with van der Waals surface area (Å²) >= 11 is 5.58. The molecule has 0 saturated carbocycles. The first-order chi connectivity index (χ1) is 6.81. The third-order valence-electron chi connectivity index (χ3n) is 2.26. The van der Waals surface area contributed by atoms with Crippen LogP contribution < -0.4 is 10.4 Å². The molecule has 2 nitrogen and oxygen atoms in total. The average molecular weight is 227 g/mol. The van der Waals surface area contributed by atoms with Crippen molar-refractivity contribution in [2.75, 3.05) is 13.2 Å². The van der Waals surface area contributed by atoms with E-state index in [1.54, 1.807) is 0 Å². The topological polar surface area (TPSA) is 21.3 Å². The summed E-state index contributed by atoms with van der Waals surface area (Å²) in [5.74, 6) is 0. The number of rotatable bonds is 1. The Labute approximate surface area is 89.8 Å². The second-order valence-corrected chi connectivity index (χ2v) is 7.07. The first-order valence-corrected chi connectivity index (χ1v) is 7.59. The van der Waals surface area contributed by atoms with Crippen LogP contribution in [0.3, 0.4) is 0 Å². The monoisotopic (exact) mass is 227 g/mol. The van der Waals surface area contributed by atoms with Gasteiger partial charge in [0, 0.05) is 11.8 Å². The van der Waals surface area contributed by atoms with Gasteiger partial charge in [0.05, 0.1) is 6.61 Å². The van der Waals surface area contributed by atoms with Crippen LogP contribution in [0.2, 0.25) is 0 Å². The quantitative estimate of drug-likeness (QED) is 0.742. The Morgan fingerprint density at radius 3 is 2.79 bits per heavy atom. The summed E-state index contributed by atoms with van der Waals surface area (Å²) in [6.07, 6.45) is 0.341. The third-order valence-corrected chi connectivity index (χ3v) is 5.76. The molecule has 0 aromatic heterocycles. The summed E-state index contributed by atoms with van der Waals surface area (Å²) in [5, 5.41) is 4.51. The average Bonchev–Trinajstić information content (AvgIpc) is 2.46. The highest BCUT2D eigenvalue weighted by Crippen LogP contribution is 2.42. The molecule has 14 heavy (non-hydrogen) atoms. The van der Waals surface area contributed by atoms with Gasteiger partial charge in [0.25, 0.3) is 0 Å². The van der Waals surface area contributed by atoms with Gasteiger partial charge in [0.2, 0.25) is 0 Å². The minimum absolute atomic E-state index is 0.791. The summed E-state index contributed by atoms with van der Waals surface area (Å²) in [7, 11) is 0. The minimum atomic E-state index is -1.93. The van der Waals surface area contributed by atoms with Crippen molar-refractivity contribution < 1.29 is 4.52 Å². The van der Waals surface area contributed by atoms with Gasteiger partial charge in [-0.1, -0.05) is 30.3 Å². The fourth-order valence-electron chi connectivity index (χ4n) is 1.48. The molecule has 1 heterocycles. The van der Waals surface area contributed by atoms with E-state index in [-0.39, 0.29) is 0 Å². The Balaban J connectivity index is 2.26. The zero-order chi connectivity index (χ0) is 9.86. The Morgan fingerprint density at radius 2 is 2.00 bits per heavy atom. The highest BCUT2D eigenvalue weighted by atomic mass is 32.4. The van der Waals surface area contributed by atoms with Crippen molar-refractivity contribution in [3.63, 3.8) is 0 Å². The Hall–Kier alpha value is -0.210. The van der Waals surface area contributed by atoms with Gasteiger partial charge in [-0.15, -0.1) is 0 Å². The van der Waals surface area contributed by atoms with E-state index in [9.17, 15) is 0 Å². The molecule has 0 amide bonds. The van der Waals surface area contributed by atoms with Crippen LogP contribution in [0, 0.1) is 0 Å². The van der Waals surface area contributed by atoms with Crippen LogP contribution in [0.4, 0.5) is 0 Å². The van der Waals surface area contributed by atoms with Gasteiger partial charge in [-0.05, 0) is 24.6 Å². The zero-order valence-electron chi connectivity index (χ0n) is 7.98. The molecule has 0 spiro atoms. The van der Waals surface area contributed by atoms with Gasteiger partial charge in [0.1, 0.15) is 0 Å². The lowest BCUT2D eigenvalue weighted by atomic mass is 10.3. The minimum Gasteiger partial charge on any atom is -0.335 e. The molecule has 1 aromatic carbocycles. The maximum absolute atomic E-state index is 5.79. The summed E-state index contributed by atoms with van der Waals surface area (Å²) in [6.45, 7) is 1.77. The Bertz CT molecular complexity index is 329. The molecule has 1 aromatic rings.